The first-order valence-electron chi connectivity index (χ1n) is 21.1. The monoisotopic (exact) mass is 790 g/mol. The molecular weight excluding hydrogens is 753 g/mol. The average molecular weight is 791 g/mol. The Labute approximate surface area is 360 Å². The molecule has 9 aromatic carbocycles. The highest BCUT2D eigenvalue weighted by molar-refractivity contribution is 6.09. The number of rotatable bonds is 7. The van der Waals surface area contributed by atoms with Gasteiger partial charge in [-0.2, -0.15) is 0 Å². The Morgan fingerprint density at radius 2 is 0.839 bits per heavy atom. The van der Waals surface area contributed by atoms with E-state index >= 15 is 0 Å². The van der Waals surface area contributed by atoms with Crippen LogP contribution in [0.2, 0.25) is 0 Å². The highest BCUT2D eigenvalue weighted by atomic mass is 16.3. The fourth-order valence-electron chi connectivity index (χ4n) is 9.82. The molecule has 3 nitrogen and oxygen atoms in total. The lowest BCUT2D eigenvalue weighted by Crippen LogP contribution is -2.28. The molecule has 0 atom stereocenters. The van der Waals surface area contributed by atoms with Gasteiger partial charge < -0.3 is 4.42 Å². The molecule has 0 saturated heterocycles. The van der Waals surface area contributed by atoms with Crippen LogP contribution in [0.4, 0.5) is 0 Å². The van der Waals surface area contributed by atoms with E-state index < -0.39 is 5.41 Å². The number of furan rings is 1. The third-order valence-electron chi connectivity index (χ3n) is 12.6. The van der Waals surface area contributed by atoms with Crippen molar-refractivity contribution in [3.05, 3.63) is 253 Å². The van der Waals surface area contributed by atoms with Crippen molar-refractivity contribution >= 4 is 21.9 Å². The molecule has 0 aliphatic heterocycles. The summed E-state index contributed by atoms with van der Waals surface area (Å²) in [5.41, 5.74) is 17.6. The minimum atomic E-state index is -0.552. The maximum atomic E-state index is 6.63. The van der Waals surface area contributed by atoms with Crippen LogP contribution in [0.15, 0.2) is 235 Å². The highest BCUT2D eigenvalue weighted by Crippen LogP contribution is 2.56. The van der Waals surface area contributed by atoms with Crippen molar-refractivity contribution in [2.24, 2.45) is 0 Å². The van der Waals surface area contributed by atoms with Gasteiger partial charge in [0, 0.05) is 27.5 Å². The first-order valence-corrected chi connectivity index (χ1v) is 21.1. The molecular formula is C59H38N2O. The van der Waals surface area contributed by atoms with Crippen LogP contribution in [-0.2, 0) is 5.41 Å². The van der Waals surface area contributed by atoms with Crippen molar-refractivity contribution in [1.29, 1.82) is 0 Å². The van der Waals surface area contributed by atoms with Gasteiger partial charge in [-0.05, 0) is 79.9 Å². The van der Waals surface area contributed by atoms with E-state index in [1.165, 1.54) is 44.5 Å². The molecule has 12 rings (SSSR count). The summed E-state index contributed by atoms with van der Waals surface area (Å²) >= 11 is 0. The third-order valence-corrected chi connectivity index (χ3v) is 12.6. The number of hydrogen-bond donors (Lipinski definition) is 0. The average Bonchev–Trinajstić information content (AvgIpc) is 3.89. The van der Waals surface area contributed by atoms with Gasteiger partial charge in [-0.3, -0.25) is 0 Å². The van der Waals surface area contributed by atoms with Crippen LogP contribution in [0, 0.1) is 0 Å². The Morgan fingerprint density at radius 1 is 0.323 bits per heavy atom. The second-order valence-electron chi connectivity index (χ2n) is 16.0. The van der Waals surface area contributed by atoms with Crippen LogP contribution in [0.1, 0.15) is 22.3 Å². The maximum Gasteiger partial charge on any atom is 0.160 e. The number of hydrogen-bond acceptors (Lipinski definition) is 3. The van der Waals surface area contributed by atoms with Gasteiger partial charge in [-0.15, -0.1) is 0 Å². The van der Waals surface area contributed by atoms with Crippen LogP contribution < -0.4 is 0 Å². The van der Waals surface area contributed by atoms with E-state index in [9.17, 15) is 0 Å². The molecule has 11 aromatic rings. The van der Waals surface area contributed by atoms with Gasteiger partial charge in [-0.1, -0.05) is 206 Å². The minimum Gasteiger partial charge on any atom is -0.455 e. The topological polar surface area (TPSA) is 38.9 Å². The Hall–Kier alpha value is -8.14. The summed E-state index contributed by atoms with van der Waals surface area (Å²) in [5.74, 6) is 0.647. The molecule has 1 aliphatic rings. The highest BCUT2D eigenvalue weighted by Gasteiger charge is 2.46. The number of benzene rings is 9. The molecule has 0 unspecified atom stereocenters. The van der Waals surface area contributed by atoms with Gasteiger partial charge in [0.1, 0.15) is 11.2 Å². The lowest BCUT2D eigenvalue weighted by Gasteiger charge is -2.34. The van der Waals surface area contributed by atoms with Gasteiger partial charge in [0.2, 0.25) is 0 Å². The summed E-state index contributed by atoms with van der Waals surface area (Å²) in [6.07, 6.45) is 0. The molecule has 0 saturated carbocycles. The first-order chi connectivity index (χ1) is 30.7. The van der Waals surface area contributed by atoms with E-state index in [0.717, 1.165) is 61.1 Å². The molecule has 2 heterocycles. The molecule has 0 fully saturated rings. The second-order valence-corrected chi connectivity index (χ2v) is 16.0. The van der Waals surface area contributed by atoms with Gasteiger partial charge in [0.25, 0.3) is 0 Å². The quantitative estimate of drug-likeness (QED) is 0.161. The van der Waals surface area contributed by atoms with Crippen molar-refractivity contribution < 1.29 is 4.42 Å². The van der Waals surface area contributed by atoms with Crippen LogP contribution in [0.3, 0.4) is 0 Å². The molecule has 0 amide bonds. The Kier molecular flexibility index (Phi) is 8.39. The van der Waals surface area contributed by atoms with E-state index in [1.54, 1.807) is 0 Å². The molecule has 2 aromatic heterocycles. The maximum absolute atomic E-state index is 6.63. The summed E-state index contributed by atoms with van der Waals surface area (Å²) in [4.78, 5) is 11.0. The Bertz CT molecular complexity index is 3400. The summed E-state index contributed by atoms with van der Waals surface area (Å²) in [5, 5.41) is 2.14. The zero-order valence-electron chi connectivity index (χ0n) is 33.7. The van der Waals surface area contributed by atoms with Crippen LogP contribution in [-0.4, -0.2) is 9.97 Å². The minimum absolute atomic E-state index is 0.552. The lowest BCUT2D eigenvalue weighted by molar-refractivity contribution is 0.670. The van der Waals surface area contributed by atoms with Crippen molar-refractivity contribution in [2.75, 3.05) is 0 Å². The van der Waals surface area contributed by atoms with Crippen molar-refractivity contribution in [3.63, 3.8) is 0 Å². The smallest absolute Gasteiger partial charge is 0.160 e. The van der Waals surface area contributed by atoms with E-state index in [4.69, 9.17) is 14.4 Å². The van der Waals surface area contributed by atoms with Crippen molar-refractivity contribution in [1.82, 2.24) is 9.97 Å². The van der Waals surface area contributed by atoms with Gasteiger partial charge in [-0.25, -0.2) is 9.97 Å². The molecule has 0 radical (unpaired) electrons. The van der Waals surface area contributed by atoms with Crippen LogP contribution in [0.5, 0.6) is 0 Å². The Balaban J connectivity index is 1.09. The summed E-state index contributed by atoms with van der Waals surface area (Å²) in [6.45, 7) is 0. The zero-order valence-corrected chi connectivity index (χ0v) is 33.7. The normalized spacial score (nSPS) is 12.6. The Morgan fingerprint density at radius 3 is 1.58 bits per heavy atom. The largest absolute Gasteiger partial charge is 0.455 e. The van der Waals surface area contributed by atoms with E-state index in [0.29, 0.717) is 5.82 Å². The number of nitrogens with zero attached hydrogens (tertiary/aromatic N) is 2. The molecule has 0 spiro atoms. The van der Waals surface area contributed by atoms with E-state index in [-0.39, 0.29) is 0 Å². The first kappa shape index (κ1) is 35.8. The third kappa shape index (κ3) is 5.67. The lowest BCUT2D eigenvalue weighted by atomic mass is 9.67. The van der Waals surface area contributed by atoms with E-state index in [2.05, 4.69) is 218 Å². The fourth-order valence-corrected chi connectivity index (χ4v) is 9.82. The number of aromatic nitrogens is 2. The van der Waals surface area contributed by atoms with Crippen LogP contribution >= 0.6 is 0 Å². The molecule has 290 valence electrons. The SMILES string of the molecule is c1ccc(-c2ccc(-c3ccccc3-c3cc(-c4cccc5c4oc4ccccc45)nc(-c4ccc5c(c4)C(c4ccccc4)(c4ccccc4)c4ccccc4-5)n3)cc2)cc1. The number of fused-ring (bicyclic) bond motifs is 6. The predicted molar refractivity (Wildman–Crippen MR) is 254 cm³/mol. The standard InChI is InChI=1S/C59H38N2O/c1-4-17-39(18-5-1)40-31-33-41(34-32-40)45-23-10-11-25-48(45)54-38-55(51-28-16-27-50-49-26-13-15-30-56(49)62-57(50)51)61-58(60-54)42-35-36-47-46-24-12-14-29-52(46)59(53(47)37-42,43-19-6-2-7-20-43)44-21-8-3-9-22-44/h1-38H. The summed E-state index contributed by atoms with van der Waals surface area (Å²) < 4.78 is 6.63. The van der Waals surface area contributed by atoms with Crippen molar-refractivity contribution in [2.45, 2.75) is 5.41 Å². The predicted octanol–water partition coefficient (Wildman–Crippen LogP) is 15.1. The molecule has 0 N–H and O–H groups in total. The van der Waals surface area contributed by atoms with Gasteiger partial charge in [0.05, 0.1) is 16.8 Å². The summed E-state index contributed by atoms with van der Waals surface area (Å²) in [6, 6.07) is 82.1. The molecule has 1 aliphatic carbocycles. The van der Waals surface area contributed by atoms with Crippen LogP contribution in [0.25, 0.3) is 89.2 Å². The fraction of sp³-hybridized carbons (Fsp3) is 0.0169. The molecule has 62 heavy (non-hydrogen) atoms. The van der Waals surface area contributed by atoms with E-state index in [1.807, 2.05) is 12.1 Å². The molecule has 0 bridgehead atoms. The summed E-state index contributed by atoms with van der Waals surface area (Å²) in [7, 11) is 0. The number of para-hydroxylation sites is 2. The van der Waals surface area contributed by atoms with Gasteiger partial charge in [0.15, 0.2) is 5.82 Å². The zero-order chi connectivity index (χ0) is 41.0. The van der Waals surface area contributed by atoms with Crippen molar-refractivity contribution in [3.8, 4) is 67.3 Å². The van der Waals surface area contributed by atoms with Gasteiger partial charge >= 0.3 is 0 Å². The second kappa shape index (κ2) is 14.5. The molecule has 3 heteroatoms.